The molecule has 5 nitrogen and oxygen atoms in total. The van der Waals surface area contributed by atoms with Gasteiger partial charge in [0.2, 0.25) is 0 Å². The second-order valence-corrected chi connectivity index (χ2v) is 11.3. The van der Waals surface area contributed by atoms with Gasteiger partial charge in [-0.3, -0.25) is 14.5 Å². The Labute approximate surface area is 240 Å². The number of rotatable bonds is 8. The first-order valence-corrected chi connectivity index (χ1v) is 13.9. The molecule has 3 aromatic rings. The van der Waals surface area contributed by atoms with E-state index < -0.39 is 0 Å². The molecule has 0 radical (unpaired) electrons. The Morgan fingerprint density at radius 1 is 1.00 bits per heavy atom. The van der Waals surface area contributed by atoms with Crippen LogP contribution < -0.4 is 9.47 Å². The Hall–Kier alpha value is -1.97. The predicted molar refractivity (Wildman–Crippen MR) is 152 cm³/mol. The number of halogens is 4. The van der Waals surface area contributed by atoms with Crippen molar-refractivity contribution in [3.8, 4) is 11.5 Å². The van der Waals surface area contributed by atoms with E-state index in [1.54, 1.807) is 30.3 Å². The number of nitrogens with zero attached hydrogens (tertiary/aromatic N) is 1. The molecule has 1 aliphatic rings. The van der Waals surface area contributed by atoms with Crippen molar-refractivity contribution >= 4 is 84.0 Å². The highest BCUT2D eigenvalue weighted by Crippen LogP contribution is 2.40. The van der Waals surface area contributed by atoms with Gasteiger partial charge in [-0.05, 0) is 88.2 Å². The molecule has 1 heterocycles. The zero-order valence-electron chi connectivity index (χ0n) is 18.9. The van der Waals surface area contributed by atoms with E-state index in [1.807, 2.05) is 37.3 Å². The van der Waals surface area contributed by atoms with E-state index in [4.69, 9.17) is 32.7 Å². The van der Waals surface area contributed by atoms with Crippen molar-refractivity contribution in [2.45, 2.75) is 20.1 Å². The molecule has 10 heteroatoms. The molecule has 2 amide bonds. The summed E-state index contributed by atoms with van der Waals surface area (Å²) < 4.78 is 13.4. The van der Waals surface area contributed by atoms with Crippen LogP contribution >= 0.6 is 66.8 Å². The first kappa shape index (κ1) is 27.1. The number of hydrogen-bond donors (Lipinski definition) is 0. The first-order valence-electron chi connectivity index (χ1n) is 10.8. The zero-order valence-corrected chi connectivity index (χ0v) is 24.4. The van der Waals surface area contributed by atoms with Crippen molar-refractivity contribution in [2.24, 2.45) is 0 Å². The molecule has 0 unspecified atom stereocenters. The molecule has 0 N–H and O–H groups in total. The number of ether oxygens (including phenoxy) is 2. The minimum absolute atomic E-state index is 0.211. The molecule has 0 saturated carbocycles. The molecular formula is C26H19Br2Cl2NO4S. The topological polar surface area (TPSA) is 55.8 Å². The maximum absolute atomic E-state index is 13.0. The monoisotopic (exact) mass is 669 g/mol. The van der Waals surface area contributed by atoms with Crippen LogP contribution in [0.2, 0.25) is 10.0 Å². The summed E-state index contributed by atoms with van der Waals surface area (Å²) >= 11 is 20.1. The van der Waals surface area contributed by atoms with E-state index in [2.05, 4.69) is 31.9 Å². The van der Waals surface area contributed by atoms with Gasteiger partial charge in [-0.15, -0.1) is 0 Å². The quantitative estimate of drug-likeness (QED) is 0.224. The average molecular weight is 672 g/mol. The standard InChI is InChI=1S/C26H19Br2Cl2NO4S/c1-2-34-22-10-16(9-20(28)24(22)35-14-17-5-8-19(29)12-21(17)30)11-23-25(32)31(26(33)36-23)13-15-3-6-18(27)7-4-15/h3-12H,2,13-14H2,1H3/b23-11-. The van der Waals surface area contributed by atoms with Gasteiger partial charge in [0.1, 0.15) is 6.61 Å². The fourth-order valence-electron chi connectivity index (χ4n) is 3.42. The fraction of sp³-hybridized carbons (Fsp3) is 0.154. The van der Waals surface area contributed by atoms with E-state index in [0.29, 0.717) is 43.1 Å². The van der Waals surface area contributed by atoms with Crippen LogP contribution in [0.25, 0.3) is 6.08 Å². The summed E-state index contributed by atoms with van der Waals surface area (Å²) in [5.74, 6) is 0.667. The maximum Gasteiger partial charge on any atom is 0.293 e. The number of benzene rings is 3. The summed E-state index contributed by atoms with van der Waals surface area (Å²) in [4.78, 5) is 27.1. The third kappa shape index (κ3) is 6.47. The third-order valence-corrected chi connectivity index (χ3v) is 7.76. The second-order valence-electron chi connectivity index (χ2n) is 7.68. The van der Waals surface area contributed by atoms with Gasteiger partial charge in [0.05, 0.1) is 22.5 Å². The first-order chi connectivity index (χ1) is 17.2. The van der Waals surface area contributed by atoms with Crippen molar-refractivity contribution in [1.29, 1.82) is 0 Å². The average Bonchev–Trinajstić information content (AvgIpc) is 3.08. The Balaban J connectivity index is 1.55. The lowest BCUT2D eigenvalue weighted by molar-refractivity contribution is -0.123. The van der Waals surface area contributed by atoms with Crippen molar-refractivity contribution in [2.75, 3.05) is 6.61 Å². The van der Waals surface area contributed by atoms with Gasteiger partial charge in [-0.1, -0.05) is 57.3 Å². The molecule has 0 aliphatic carbocycles. The number of hydrogen-bond acceptors (Lipinski definition) is 5. The number of amides is 2. The van der Waals surface area contributed by atoms with Crippen LogP contribution in [0.1, 0.15) is 23.6 Å². The maximum atomic E-state index is 13.0. The van der Waals surface area contributed by atoms with Crippen LogP contribution in [-0.2, 0) is 17.9 Å². The molecule has 1 aliphatic heterocycles. The van der Waals surface area contributed by atoms with Crippen molar-refractivity contribution < 1.29 is 19.1 Å². The molecule has 36 heavy (non-hydrogen) atoms. The highest BCUT2D eigenvalue weighted by molar-refractivity contribution is 9.10. The van der Waals surface area contributed by atoms with Gasteiger partial charge >= 0.3 is 0 Å². The Kier molecular flexibility index (Phi) is 9.06. The lowest BCUT2D eigenvalue weighted by Crippen LogP contribution is -2.27. The van der Waals surface area contributed by atoms with Crippen LogP contribution in [0.5, 0.6) is 11.5 Å². The highest BCUT2D eigenvalue weighted by Gasteiger charge is 2.35. The summed E-state index contributed by atoms with van der Waals surface area (Å²) in [5, 5.41) is 0.746. The molecule has 4 rings (SSSR count). The van der Waals surface area contributed by atoms with Crippen LogP contribution in [-0.4, -0.2) is 22.7 Å². The highest BCUT2D eigenvalue weighted by atomic mass is 79.9. The van der Waals surface area contributed by atoms with E-state index in [-0.39, 0.29) is 24.3 Å². The number of imide groups is 1. The second kappa shape index (κ2) is 12.0. The molecule has 0 atom stereocenters. The van der Waals surface area contributed by atoms with Crippen LogP contribution in [0.15, 0.2) is 68.4 Å². The molecule has 1 saturated heterocycles. The van der Waals surface area contributed by atoms with Crippen molar-refractivity contribution in [3.63, 3.8) is 0 Å². The zero-order chi connectivity index (χ0) is 25.8. The molecule has 1 fully saturated rings. The normalized spacial score (nSPS) is 14.6. The van der Waals surface area contributed by atoms with E-state index in [0.717, 1.165) is 27.4 Å². The largest absolute Gasteiger partial charge is 0.490 e. The van der Waals surface area contributed by atoms with Gasteiger partial charge in [0.15, 0.2) is 11.5 Å². The summed E-state index contributed by atoms with van der Waals surface area (Å²) in [6, 6.07) is 16.3. The Morgan fingerprint density at radius 3 is 2.44 bits per heavy atom. The third-order valence-electron chi connectivity index (χ3n) is 5.14. The Bertz CT molecular complexity index is 1350. The minimum Gasteiger partial charge on any atom is -0.490 e. The van der Waals surface area contributed by atoms with Gasteiger partial charge in [-0.25, -0.2) is 0 Å². The van der Waals surface area contributed by atoms with Gasteiger partial charge < -0.3 is 9.47 Å². The van der Waals surface area contributed by atoms with Crippen molar-refractivity contribution in [3.05, 3.63) is 95.2 Å². The SMILES string of the molecule is CCOc1cc(/C=C2\SC(=O)N(Cc3ccc(Br)cc3)C2=O)cc(Br)c1OCc1ccc(Cl)cc1Cl. The predicted octanol–water partition coefficient (Wildman–Crippen LogP) is 8.73. The van der Waals surface area contributed by atoms with Crippen LogP contribution in [0.4, 0.5) is 4.79 Å². The lowest BCUT2D eigenvalue weighted by atomic mass is 10.1. The number of thioether (sulfide) groups is 1. The lowest BCUT2D eigenvalue weighted by Gasteiger charge is -2.15. The molecule has 186 valence electrons. The summed E-state index contributed by atoms with van der Waals surface area (Å²) in [6.45, 7) is 2.71. The van der Waals surface area contributed by atoms with Gasteiger partial charge in [-0.2, -0.15) is 0 Å². The number of carbonyl (C=O) groups is 2. The summed E-state index contributed by atoms with van der Waals surface area (Å²) in [6.07, 6.45) is 1.68. The number of carbonyl (C=O) groups excluding carboxylic acids is 2. The minimum atomic E-state index is -0.334. The van der Waals surface area contributed by atoms with Crippen LogP contribution in [0, 0.1) is 0 Å². The molecule has 3 aromatic carbocycles. The van der Waals surface area contributed by atoms with E-state index in [1.165, 1.54) is 4.90 Å². The molecule has 0 bridgehead atoms. The van der Waals surface area contributed by atoms with Crippen LogP contribution in [0.3, 0.4) is 0 Å². The smallest absolute Gasteiger partial charge is 0.293 e. The van der Waals surface area contributed by atoms with E-state index in [9.17, 15) is 9.59 Å². The van der Waals surface area contributed by atoms with Crippen molar-refractivity contribution in [1.82, 2.24) is 4.90 Å². The summed E-state index contributed by atoms with van der Waals surface area (Å²) in [7, 11) is 0. The van der Waals surface area contributed by atoms with Gasteiger partial charge in [0, 0.05) is 20.1 Å². The van der Waals surface area contributed by atoms with Gasteiger partial charge in [0.25, 0.3) is 11.1 Å². The molecule has 0 spiro atoms. The molecule has 0 aromatic heterocycles. The summed E-state index contributed by atoms with van der Waals surface area (Å²) in [5.41, 5.74) is 2.33. The van der Waals surface area contributed by atoms with E-state index >= 15 is 0 Å². The fourth-order valence-corrected chi connectivity index (χ4v) is 5.56. The Morgan fingerprint density at radius 2 is 1.75 bits per heavy atom. The molecular weight excluding hydrogens is 653 g/mol.